The lowest BCUT2D eigenvalue weighted by atomic mass is 10.2. The highest BCUT2D eigenvalue weighted by molar-refractivity contribution is 7.90. The molecule has 3 rings (SSSR count). The molecule has 1 aliphatic heterocycles. The second kappa shape index (κ2) is 9.60. The Morgan fingerprint density at radius 2 is 1.85 bits per heavy atom. The van der Waals surface area contributed by atoms with Crippen molar-refractivity contribution in [3.05, 3.63) is 53.6 Å². The van der Waals surface area contributed by atoms with Crippen molar-refractivity contribution in [3.63, 3.8) is 0 Å². The van der Waals surface area contributed by atoms with E-state index in [4.69, 9.17) is 9.47 Å². The molecule has 2 atom stereocenters. The van der Waals surface area contributed by atoms with Gasteiger partial charge in [-0.05, 0) is 55.0 Å². The van der Waals surface area contributed by atoms with Crippen LogP contribution in [0.3, 0.4) is 0 Å². The summed E-state index contributed by atoms with van der Waals surface area (Å²) in [6.07, 6.45) is -5.03. The molecular formula is C22H24F3NO6S. The Labute approximate surface area is 189 Å². The summed E-state index contributed by atoms with van der Waals surface area (Å²) < 4.78 is 71.6. The van der Waals surface area contributed by atoms with E-state index >= 15 is 0 Å². The molecule has 1 fully saturated rings. The summed E-state index contributed by atoms with van der Waals surface area (Å²) in [4.78, 5) is 14.3. The molecule has 0 spiro atoms. The van der Waals surface area contributed by atoms with E-state index in [0.29, 0.717) is 30.0 Å². The van der Waals surface area contributed by atoms with Gasteiger partial charge < -0.3 is 19.5 Å². The van der Waals surface area contributed by atoms with Crippen LogP contribution in [0.4, 0.5) is 18.9 Å². The first-order chi connectivity index (χ1) is 15.3. The van der Waals surface area contributed by atoms with Crippen LogP contribution in [0.5, 0.6) is 11.5 Å². The van der Waals surface area contributed by atoms with Gasteiger partial charge >= 0.3 is 6.18 Å². The second-order valence-corrected chi connectivity index (χ2v) is 10.1. The third-order valence-electron chi connectivity index (χ3n) is 5.01. The van der Waals surface area contributed by atoms with Crippen molar-refractivity contribution in [3.8, 4) is 11.5 Å². The number of sulfone groups is 1. The number of ether oxygens (including phenoxy) is 2. The van der Waals surface area contributed by atoms with E-state index in [1.807, 2.05) is 0 Å². The van der Waals surface area contributed by atoms with Crippen molar-refractivity contribution in [2.24, 2.45) is 0 Å². The van der Waals surface area contributed by atoms with Crippen LogP contribution in [0.1, 0.15) is 17.5 Å². The normalized spacial score (nSPS) is 17.8. The van der Waals surface area contributed by atoms with Gasteiger partial charge in [-0.2, -0.15) is 13.2 Å². The number of aryl methyl sites for hydroxylation is 1. The summed E-state index contributed by atoms with van der Waals surface area (Å²) in [7, 11) is -3.33. The molecule has 1 amide bonds. The van der Waals surface area contributed by atoms with E-state index in [9.17, 15) is 31.5 Å². The highest BCUT2D eigenvalue weighted by Crippen LogP contribution is 2.32. The molecule has 1 heterocycles. The number of nitrogens with zero attached hydrogens (tertiary/aromatic N) is 1. The fourth-order valence-electron chi connectivity index (χ4n) is 3.45. The maximum atomic E-state index is 12.8. The molecule has 11 heteroatoms. The zero-order valence-corrected chi connectivity index (χ0v) is 18.8. The number of carbonyl (C=O) groups is 1. The Hall–Kier alpha value is -2.79. The number of amides is 1. The Kier molecular flexibility index (Phi) is 7.23. The number of alkyl halides is 3. The third kappa shape index (κ3) is 6.61. The SMILES string of the molecule is Cc1cc(N2CCC(Oc3ccc(C(F)(F)F)cc3)C2=O)ccc1OC[C@H](O)CS(C)(=O)=O. The fourth-order valence-corrected chi connectivity index (χ4v) is 4.25. The fraction of sp³-hybridized carbons (Fsp3) is 0.409. The average Bonchev–Trinajstić information content (AvgIpc) is 3.05. The number of halogens is 3. The first-order valence-corrected chi connectivity index (χ1v) is 12.1. The number of aliphatic hydroxyl groups is 1. The van der Waals surface area contributed by atoms with E-state index in [1.54, 1.807) is 25.1 Å². The van der Waals surface area contributed by atoms with E-state index in [-0.39, 0.29) is 18.3 Å². The number of anilines is 1. The Bertz CT molecular complexity index is 1100. The largest absolute Gasteiger partial charge is 0.491 e. The smallest absolute Gasteiger partial charge is 0.416 e. The minimum absolute atomic E-state index is 0.177. The lowest BCUT2D eigenvalue weighted by Gasteiger charge is -2.19. The number of benzene rings is 2. The minimum atomic E-state index is -4.45. The van der Waals surface area contributed by atoms with Crippen LogP contribution in [-0.4, -0.2) is 56.8 Å². The summed E-state index contributed by atoms with van der Waals surface area (Å²) in [6.45, 7) is 1.92. The second-order valence-electron chi connectivity index (χ2n) is 7.91. The molecule has 0 aliphatic carbocycles. The molecule has 2 aromatic rings. The highest BCUT2D eigenvalue weighted by Gasteiger charge is 2.35. The van der Waals surface area contributed by atoms with E-state index in [0.717, 1.165) is 18.4 Å². The van der Waals surface area contributed by atoms with Gasteiger partial charge in [0.2, 0.25) is 0 Å². The molecule has 2 aromatic carbocycles. The zero-order valence-electron chi connectivity index (χ0n) is 18.0. The minimum Gasteiger partial charge on any atom is -0.491 e. The molecule has 0 aromatic heterocycles. The van der Waals surface area contributed by atoms with Gasteiger partial charge in [-0.3, -0.25) is 4.79 Å². The topological polar surface area (TPSA) is 93.1 Å². The maximum Gasteiger partial charge on any atom is 0.416 e. The first kappa shape index (κ1) is 24.8. The van der Waals surface area contributed by atoms with Crippen molar-refractivity contribution in [1.29, 1.82) is 0 Å². The van der Waals surface area contributed by atoms with Crippen molar-refractivity contribution in [2.75, 3.05) is 30.1 Å². The molecule has 1 saturated heterocycles. The summed E-state index contributed by atoms with van der Waals surface area (Å²) in [5.41, 5.74) is 0.481. The quantitative estimate of drug-likeness (QED) is 0.616. The number of rotatable bonds is 8. The predicted octanol–water partition coefficient (Wildman–Crippen LogP) is 2.98. The first-order valence-electron chi connectivity index (χ1n) is 10.1. The number of carbonyl (C=O) groups excluding carboxylic acids is 1. The van der Waals surface area contributed by atoms with Crippen molar-refractivity contribution >= 4 is 21.4 Å². The zero-order chi connectivity index (χ0) is 24.4. The maximum absolute atomic E-state index is 12.8. The van der Waals surface area contributed by atoms with E-state index in [1.165, 1.54) is 17.0 Å². The lowest BCUT2D eigenvalue weighted by molar-refractivity contribution is -0.137. The van der Waals surface area contributed by atoms with Crippen molar-refractivity contribution in [2.45, 2.75) is 31.7 Å². The number of hydrogen-bond acceptors (Lipinski definition) is 6. The van der Waals surface area contributed by atoms with Gasteiger partial charge in [-0.15, -0.1) is 0 Å². The highest BCUT2D eigenvalue weighted by atomic mass is 32.2. The molecule has 0 radical (unpaired) electrons. The summed E-state index contributed by atoms with van der Waals surface area (Å²) in [6, 6.07) is 9.18. The summed E-state index contributed by atoms with van der Waals surface area (Å²) >= 11 is 0. The van der Waals surface area contributed by atoms with Gasteiger partial charge in [0.05, 0.1) is 11.3 Å². The van der Waals surface area contributed by atoms with Crippen LogP contribution in [0.25, 0.3) is 0 Å². The monoisotopic (exact) mass is 487 g/mol. The summed E-state index contributed by atoms with van der Waals surface area (Å²) in [5.74, 6) is -0.106. The molecule has 0 saturated carbocycles. The van der Waals surface area contributed by atoms with Crippen LogP contribution in [0.15, 0.2) is 42.5 Å². The molecule has 0 bridgehead atoms. The van der Waals surface area contributed by atoms with E-state index in [2.05, 4.69) is 0 Å². The van der Waals surface area contributed by atoms with Gasteiger partial charge in [0.1, 0.15) is 34.0 Å². The van der Waals surface area contributed by atoms with Crippen LogP contribution < -0.4 is 14.4 Å². The van der Waals surface area contributed by atoms with Gasteiger partial charge in [0, 0.05) is 24.9 Å². The predicted molar refractivity (Wildman–Crippen MR) is 115 cm³/mol. The Morgan fingerprint density at radius 1 is 1.18 bits per heavy atom. The molecule has 7 nitrogen and oxygen atoms in total. The van der Waals surface area contributed by atoms with Crippen molar-refractivity contribution < 1.29 is 41.0 Å². The average molecular weight is 487 g/mol. The lowest BCUT2D eigenvalue weighted by Crippen LogP contribution is -2.32. The third-order valence-corrected chi connectivity index (χ3v) is 6.00. The molecule has 180 valence electrons. The number of aliphatic hydroxyl groups excluding tert-OH is 1. The molecule has 1 aliphatic rings. The Morgan fingerprint density at radius 3 is 2.42 bits per heavy atom. The van der Waals surface area contributed by atoms with Crippen LogP contribution >= 0.6 is 0 Å². The van der Waals surface area contributed by atoms with Gasteiger partial charge in [0.15, 0.2) is 6.10 Å². The van der Waals surface area contributed by atoms with Crippen molar-refractivity contribution in [1.82, 2.24) is 0 Å². The van der Waals surface area contributed by atoms with Gasteiger partial charge in [-0.25, -0.2) is 8.42 Å². The molecule has 1 unspecified atom stereocenters. The number of hydrogen-bond donors (Lipinski definition) is 1. The Balaban J connectivity index is 1.61. The van der Waals surface area contributed by atoms with Gasteiger partial charge in [0.25, 0.3) is 5.91 Å². The van der Waals surface area contributed by atoms with Crippen LogP contribution in [0, 0.1) is 6.92 Å². The summed E-state index contributed by atoms with van der Waals surface area (Å²) in [5, 5.41) is 9.78. The van der Waals surface area contributed by atoms with Crippen LogP contribution in [0.2, 0.25) is 0 Å². The van der Waals surface area contributed by atoms with E-state index < -0.39 is 39.5 Å². The van der Waals surface area contributed by atoms with Crippen LogP contribution in [-0.2, 0) is 20.8 Å². The standard InChI is InChI=1S/C22H24F3NO6S/c1-14-11-16(5-8-19(14)31-12-17(27)13-33(2,29)30)26-10-9-20(21(26)28)32-18-6-3-15(4-7-18)22(23,24)25/h3-8,11,17,20,27H,9-10,12-13H2,1-2H3/t17-,20?/m0/s1. The molecule has 33 heavy (non-hydrogen) atoms. The molecular weight excluding hydrogens is 463 g/mol. The van der Waals surface area contributed by atoms with Gasteiger partial charge in [-0.1, -0.05) is 0 Å². The molecule has 1 N–H and O–H groups in total.